The van der Waals surface area contributed by atoms with Crippen molar-refractivity contribution in [1.29, 1.82) is 0 Å². The Kier molecular flexibility index (Phi) is 5.27. The Bertz CT molecular complexity index is 1010. The number of aromatic nitrogens is 4. The van der Waals surface area contributed by atoms with Crippen LogP contribution in [0.3, 0.4) is 0 Å². The van der Waals surface area contributed by atoms with Gasteiger partial charge in [0.05, 0.1) is 10.8 Å². The van der Waals surface area contributed by atoms with Gasteiger partial charge in [0.15, 0.2) is 5.65 Å². The first kappa shape index (κ1) is 19.2. The van der Waals surface area contributed by atoms with Crippen LogP contribution in [0.5, 0.6) is 0 Å². The first-order valence-electron chi connectivity index (χ1n) is 10.1. The lowest BCUT2D eigenvalue weighted by Gasteiger charge is -2.40. The van der Waals surface area contributed by atoms with E-state index in [0.29, 0.717) is 17.2 Å². The Morgan fingerprint density at radius 2 is 1.93 bits per heavy atom. The summed E-state index contributed by atoms with van der Waals surface area (Å²) in [5.74, 6) is 0.171. The van der Waals surface area contributed by atoms with Gasteiger partial charge < -0.3 is 9.47 Å². The lowest BCUT2D eigenvalue weighted by molar-refractivity contribution is -0.136. The van der Waals surface area contributed by atoms with Gasteiger partial charge in [0.25, 0.3) is 0 Å². The zero-order chi connectivity index (χ0) is 19.8. The van der Waals surface area contributed by atoms with E-state index in [2.05, 4.69) is 52.6 Å². The quantitative estimate of drug-likeness (QED) is 0.615. The van der Waals surface area contributed by atoms with Crippen LogP contribution < -0.4 is 0 Å². The SMILES string of the molecule is CCn1c2ccccc2c2nnc(S[C@H](C)C(=O)N3[C@@H](C)CCC[C@@H]3C)nc21. The predicted molar refractivity (Wildman–Crippen MR) is 113 cm³/mol. The highest BCUT2D eigenvalue weighted by molar-refractivity contribution is 8.00. The van der Waals surface area contributed by atoms with E-state index in [4.69, 9.17) is 4.98 Å². The third-order valence-corrected chi connectivity index (χ3v) is 6.69. The van der Waals surface area contributed by atoms with Crippen molar-refractivity contribution in [3.05, 3.63) is 24.3 Å². The Balaban J connectivity index is 1.62. The highest BCUT2D eigenvalue weighted by Gasteiger charge is 2.32. The fraction of sp³-hybridized carbons (Fsp3) is 0.524. The van der Waals surface area contributed by atoms with Gasteiger partial charge in [-0.15, -0.1) is 10.2 Å². The van der Waals surface area contributed by atoms with Gasteiger partial charge >= 0.3 is 0 Å². The standard InChI is InChI=1S/C21H27N5OS/c1-5-25-17-12-7-6-11-16(17)18-19(25)22-21(24-23-18)28-15(4)20(27)26-13(2)9-8-10-14(26)3/h6-7,11-15H,5,8-10H2,1-4H3/t13-,14-,15+/m0/s1. The lowest BCUT2D eigenvalue weighted by atomic mass is 9.97. The number of para-hydroxylation sites is 1. The van der Waals surface area contributed by atoms with Crippen LogP contribution in [0, 0.1) is 0 Å². The van der Waals surface area contributed by atoms with Crippen molar-refractivity contribution in [2.24, 2.45) is 0 Å². The second-order valence-corrected chi connectivity index (χ2v) is 8.97. The number of nitrogens with zero attached hydrogens (tertiary/aromatic N) is 5. The summed E-state index contributed by atoms with van der Waals surface area (Å²) in [6.45, 7) is 9.16. The highest BCUT2D eigenvalue weighted by atomic mass is 32.2. The van der Waals surface area contributed by atoms with Gasteiger partial charge in [-0.3, -0.25) is 4.79 Å². The molecule has 4 rings (SSSR count). The van der Waals surface area contributed by atoms with Crippen LogP contribution >= 0.6 is 11.8 Å². The molecule has 0 unspecified atom stereocenters. The molecule has 0 N–H and O–H groups in total. The van der Waals surface area contributed by atoms with Gasteiger partial charge in [-0.1, -0.05) is 30.0 Å². The first-order valence-corrected chi connectivity index (χ1v) is 11.0. The van der Waals surface area contributed by atoms with Crippen molar-refractivity contribution in [3.63, 3.8) is 0 Å². The fourth-order valence-corrected chi connectivity index (χ4v) is 5.10. The summed E-state index contributed by atoms with van der Waals surface area (Å²) < 4.78 is 2.16. The first-order chi connectivity index (χ1) is 13.5. The van der Waals surface area contributed by atoms with Crippen LogP contribution in [0.25, 0.3) is 22.1 Å². The zero-order valence-electron chi connectivity index (χ0n) is 16.9. The summed E-state index contributed by atoms with van der Waals surface area (Å²) in [7, 11) is 0. The molecule has 28 heavy (non-hydrogen) atoms. The Hall–Kier alpha value is -2.15. The van der Waals surface area contributed by atoms with Gasteiger partial charge in [0.2, 0.25) is 11.1 Å². The Labute approximate surface area is 169 Å². The third kappa shape index (κ3) is 3.26. The average molecular weight is 398 g/mol. The molecule has 0 bridgehead atoms. The predicted octanol–water partition coefficient (Wildman–Crippen LogP) is 4.27. The molecule has 0 radical (unpaired) electrons. The third-order valence-electron chi connectivity index (χ3n) is 5.75. The number of aryl methyl sites for hydroxylation is 1. The lowest BCUT2D eigenvalue weighted by Crippen LogP contribution is -2.50. The smallest absolute Gasteiger partial charge is 0.236 e. The summed E-state index contributed by atoms with van der Waals surface area (Å²) in [6, 6.07) is 8.76. The van der Waals surface area contributed by atoms with Gasteiger partial charge in [-0.05, 0) is 53.0 Å². The number of carbonyl (C=O) groups excluding carboxylic acids is 1. The number of hydrogen-bond acceptors (Lipinski definition) is 5. The summed E-state index contributed by atoms with van der Waals surface area (Å²) in [5.41, 5.74) is 2.77. The topological polar surface area (TPSA) is 63.9 Å². The number of thioether (sulfide) groups is 1. The van der Waals surface area contributed by atoms with Gasteiger partial charge in [-0.2, -0.15) is 0 Å². The maximum Gasteiger partial charge on any atom is 0.236 e. The molecule has 0 spiro atoms. The van der Waals surface area contributed by atoms with Gasteiger partial charge in [0, 0.05) is 24.0 Å². The van der Waals surface area contributed by atoms with E-state index in [1.54, 1.807) is 0 Å². The van der Waals surface area contributed by atoms with Crippen LogP contribution in [0.1, 0.15) is 47.0 Å². The van der Waals surface area contributed by atoms with Crippen LogP contribution in [-0.2, 0) is 11.3 Å². The van der Waals surface area contributed by atoms with E-state index < -0.39 is 0 Å². The molecular formula is C21H27N5OS. The van der Waals surface area contributed by atoms with E-state index in [-0.39, 0.29) is 11.2 Å². The molecule has 0 aliphatic carbocycles. The van der Waals surface area contributed by atoms with Crippen molar-refractivity contribution in [2.75, 3.05) is 0 Å². The molecule has 1 aliphatic heterocycles. The van der Waals surface area contributed by atoms with E-state index in [9.17, 15) is 4.79 Å². The molecule has 1 aliphatic rings. The maximum absolute atomic E-state index is 13.1. The van der Waals surface area contributed by atoms with Gasteiger partial charge in [0.1, 0.15) is 5.52 Å². The number of likely N-dealkylation sites (tertiary alicyclic amines) is 1. The molecule has 3 heterocycles. The molecule has 2 aromatic heterocycles. The number of amides is 1. The van der Waals surface area contributed by atoms with Crippen molar-refractivity contribution in [1.82, 2.24) is 24.6 Å². The molecular weight excluding hydrogens is 370 g/mol. The van der Waals surface area contributed by atoms with E-state index in [1.807, 2.05) is 19.1 Å². The van der Waals surface area contributed by atoms with Crippen molar-refractivity contribution in [2.45, 2.75) is 76.0 Å². The van der Waals surface area contributed by atoms with E-state index in [0.717, 1.165) is 41.5 Å². The zero-order valence-corrected chi connectivity index (χ0v) is 17.7. The van der Waals surface area contributed by atoms with Crippen LogP contribution in [-0.4, -0.2) is 47.9 Å². The minimum atomic E-state index is -0.235. The maximum atomic E-state index is 13.1. The van der Waals surface area contributed by atoms with E-state index in [1.165, 1.54) is 18.2 Å². The second kappa shape index (κ2) is 7.70. The number of carbonyl (C=O) groups is 1. The molecule has 7 heteroatoms. The minimum absolute atomic E-state index is 0.171. The summed E-state index contributed by atoms with van der Waals surface area (Å²) in [4.78, 5) is 19.9. The summed E-state index contributed by atoms with van der Waals surface area (Å²) in [6.07, 6.45) is 3.35. The molecule has 1 amide bonds. The number of rotatable bonds is 4. The molecule has 1 saturated heterocycles. The van der Waals surface area contributed by atoms with E-state index >= 15 is 0 Å². The molecule has 1 aromatic carbocycles. The minimum Gasteiger partial charge on any atom is -0.336 e. The second-order valence-electron chi connectivity index (χ2n) is 7.66. The molecule has 0 saturated carbocycles. The normalized spacial score (nSPS) is 21.4. The van der Waals surface area contributed by atoms with Crippen molar-refractivity contribution in [3.8, 4) is 0 Å². The molecule has 6 nitrogen and oxygen atoms in total. The highest BCUT2D eigenvalue weighted by Crippen LogP contribution is 2.30. The fourth-order valence-electron chi connectivity index (χ4n) is 4.33. The number of fused-ring (bicyclic) bond motifs is 3. The van der Waals surface area contributed by atoms with Gasteiger partial charge in [-0.25, -0.2) is 4.98 Å². The Morgan fingerprint density at radius 3 is 2.64 bits per heavy atom. The van der Waals surface area contributed by atoms with Crippen LogP contribution in [0.15, 0.2) is 29.4 Å². The molecule has 148 valence electrons. The number of piperidine rings is 1. The molecule has 3 atom stereocenters. The summed E-state index contributed by atoms with van der Waals surface area (Å²) in [5, 5.41) is 10.2. The molecule has 1 fully saturated rings. The summed E-state index contributed by atoms with van der Waals surface area (Å²) >= 11 is 1.40. The number of hydrogen-bond donors (Lipinski definition) is 0. The van der Waals surface area contributed by atoms with Crippen molar-refractivity contribution < 1.29 is 4.79 Å². The number of benzene rings is 1. The monoisotopic (exact) mass is 397 g/mol. The molecule has 3 aromatic rings. The Morgan fingerprint density at radius 1 is 1.21 bits per heavy atom. The van der Waals surface area contributed by atoms with Crippen LogP contribution in [0.2, 0.25) is 0 Å². The van der Waals surface area contributed by atoms with Crippen LogP contribution in [0.4, 0.5) is 0 Å². The average Bonchev–Trinajstić information content (AvgIpc) is 3.00. The van der Waals surface area contributed by atoms with Crippen molar-refractivity contribution >= 4 is 39.7 Å². The largest absolute Gasteiger partial charge is 0.336 e.